The number of benzene rings is 1. The summed E-state index contributed by atoms with van der Waals surface area (Å²) in [5, 5.41) is 12.3. The number of aromatic nitrogens is 1. The second-order valence-electron chi connectivity index (χ2n) is 4.23. The highest BCUT2D eigenvalue weighted by Crippen LogP contribution is 2.21. The summed E-state index contributed by atoms with van der Waals surface area (Å²) in [5.41, 5.74) is 1.42. The molecular formula is C14H15N3OS. The highest BCUT2D eigenvalue weighted by atomic mass is 32.1. The second-order valence-corrected chi connectivity index (χ2v) is 4.67. The standard InChI is InChI=1S/C14H15N3OS/c1-2-3-8-16-14(19)10(9-15)13-17-11-6-4-5-7-12(11)18-13/h4-7,10H,2-3,8H2,1H3,(H,16,19). The predicted octanol–water partition coefficient (Wildman–Crippen LogP) is 3.15. The molecular weight excluding hydrogens is 258 g/mol. The van der Waals surface area contributed by atoms with Gasteiger partial charge < -0.3 is 9.73 Å². The van der Waals surface area contributed by atoms with Crippen LogP contribution in [-0.4, -0.2) is 16.5 Å². The van der Waals surface area contributed by atoms with Gasteiger partial charge in [0.25, 0.3) is 0 Å². The average Bonchev–Trinajstić information content (AvgIpc) is 2.83. The van der Waals surface area contributed by atoms with Crippen molar-refractivity contribution in [1.29, 1.82) is 5.26 Å². The Balaban J connectivity index is 2.17. The highest BCUT2D eigenvalue weighted by Gasteiger charge is 2.22. The van der Waals surface area contributed by atoms with Gasteiger partial charge in [0, 0.05) is 6.54 Å². The summed E-state index contributed by atoms with van der Waals surface area (Å²) in [7, 11) is 0. The van der Waals surface area contributed by atoms with Gasteiger partial charge in [0.15, 0.2) is 11.5 Å². The van der Waals surface area contributed by atoms with Crippen LogP contribution >= 0.6 is 12.2 Å². The summed E-state index contributed by atoms with van der Waals surface area (Å²) < 4.78 is 5.59. The first-order valence-corrected chi connectivity index (χ1v) is 6.70. The van der Waals surface area contributed by atoms with Crippen LogP contribution < -0.4 is 5.32 Å². The van der Waals surface area contributed by atoms with Crippen molar-refractivity contribution in [3.05, 3.63) is 30.2 Å². The van der Waals surface area contributed by atoms with Crippen LogP contribution in [-0.2, 0) is 0 Å². The molecule has 0 spiro atoms. The van der Waals surface area contributed by atoms with Crippen molar-refractivity contribution in [3.8, 4) is 6.07 Å². The smallest absolute Gasteiger partial charge is 0.219 e. The van der Waals surface area contributed by atoms with Crippen LogP contribution in [0.25, 0.3) is 11.1 Å². The summed E-state index contributed by atoms with van der Waals surface area (Å²) in [4.78, 5) is 4.79. The Labute approximate surface area is 117 Å². The molecule has 0 radical (unpaired) electrons. The average molecular weight is 273 g/mol. The Kier molecular flexibility index (Phi) is 4.48. The van der Waals surface area contributed by atoms with Crippen LogP contribution in [0.2, 0.25) is 0 Å². The third kappa shape index (κ3) is 3.09. The number of fused-ring (bicyclic) bond motifs is 1. The third-order valence-corrected chi connectivity index (χ3v) is 3.16. The van der Waals surface area contributed by atoms with Gasteiger partial charge in [0.2, 0.25) is 5.89 Å². The number of nitrogens with one attached hydrogen (secondary N) is 1. The molecule has 19 heavy (non-hydrogen) atoms. The van der Waals surface area contributed by atoms with Gasteiger partial charge in [-0.2, -0.15) is 5.26 Å². The van der Waals surface area contributed by atoms with Crippen molar-refractivity contribution in [3.63, 3.8) is 0 Å². The van der Waals surface area contributed by atoms with Crippen LogP contribution in [0.4, 0.5) is 0 Å². The molecule has 98 valence electrons. The molecule has 0 amide bonds. The van der Waals surface area contributed by atoms with E-state index in [0.717, 1.165) is 24.9 Å². The molecule has 1 aromatic heterocycles. The normalized spacial score (nSPS) is 12.0. The summed E-state index contributed by atoms with van der Waals surface area (Å²) in [6, 6.07) is 9.58. The molecule has 0 aliphatic rings. The predicted molar refractivity (Wildman–Crippen MR) is 77.9 cm³/mol. The van der Waals surface area contributed by atoms with E-state index in [9.17, 15) is 5.26 Å². The molecule has 1 aromatic carbocycles. The summed E-state index contributed by atoms with van der Waals surface area (Å²) >= 11 is 5.24. The van der Waals surface area contributed by atoms with E-state index < -0.39 is 5.92 Å². The van der Waals surface area contributed by atoms with E-state index in [-0.39, 0.29) is 0 Å². The zero-order chi connectivity index (χ0) is 13.7. The maximum absolute atomic E-state index is 9.25. The quantitative estimate of drug-likeness (QED) is 0.669. The number of nitrogens with zero attached hydrogens (tertiary/aromatic N) is 2. The Morgan fingerprint density at radius 1 is 1.53 bits per heavy atom. The van der Waals surface area contributed by atoms with Crippen molar-refractivity contribution < 1.29 is 4.42 Å². The number of hydrogen-bond donors (Lipinski definition) is 1. The Morgan fingerprint density at radius 3 is 3.00 bits per heavy atom. The second kappa shape index (κ2) is 6.30. The maximum Gasteiger partial charge on any atom is 0.219 e. The largest absolute Gasteiger partial charge is 0.439 e. The fraction of sp³-hybridized carbons (Fsp3) is 0.357. The van der Waals surface area contributed by atoms with E-state index in [1.807, 2.05) is 24.3 Å². The molecule has 0 saturated carbocycles. The number of rotatable bonds is 5. The summed E-state index contributed by atoms with van der Waals surface area (Å²) in [6.07, 6.45) is 2.10. The van der Waals surface area contributed by atoms with Crippen molar-refractivity contribution >= 4 is 28.3 Å². The van der Waals surface area contributed by atoms with E-state index in [2.05, 4.69) is 23.3 Å². The van der Waals surface area contributed by atoms with E-state index in [0.29, 0.717) is 16.5 Å². The summed E-state index contributed by atoms with van der Waals surface area (Å²) in [5.74, 6) is -0.267. The zero-order valence-electron chi connectivity index (χ0n) is 10.7. The van der Waals surface area contributed by atoms with Crippen LogP contribution in [0.3, 0.4) is 0 Å². The van der Waals surface area contributed by atoms with Gasteiger partial charge in [-0.15, -0.1) is 0 Å². The Morgan fingerprint density at radius 2 is 2.32 bits per heavy atom. The first kappa shape index (κ1) is 13.5. The minimum atomic E-state index is -0.626. The number of para-hydroxylation sites is 2. The van der Waals surface area contributed by atoms with E-state index in [4.69, 9.17) is 16.6 Å². The van der Waals surface area contributed by atoms with Crippen LogP contribution in [0.15, 0.2) is 28.7 Å². The molecule has 1 N–H and O–H groups in total. The molecule has 1 heterocycles. The van der Waals surface area contributed by atoms with Gasteiger partial charge in [0.05, 0.1) is 6.07 Å². The first-order valence-electron chi connectivity index (χ1n) is 6.29. The molecule has 2 aromatic rings. The molecule has 0 fully saturated rings. The number of nitriles is 1. The highest BCUT2D eigenvalue weighted by molar-refractivity contribution is 7.80. The Hall–Kier alpha value is -1.93. The topological polar surface area (TPSA) is 61.9 Å². The van der Waals surface area contributed by atoms with Crippen LogP contribution in [0.5, 0.6) is 0 Å². The van der Waals surface area contributed by atoms with Gasteiger partial charge in [-0.3, -0.25) is 0 Å². The van der Waals surface area contributed by atoms with Crippen molar-refractivity contribution in [2.75, 3.05) is 6.54 Å². The van der Waals surface area contributed by atoms with Crippen LogP contribution in [0.1, 0.15) is 31.6 Å². The lowest BCUT2D eigenvalue weighted by molar-refractivity contribution is 0.536. The van der Waals surface area contributed by atoms with Crippen molar-refractivity contribution in [2.24, 2.45) is 0 Å². The minimum Gasteiger partial charge on any atom is -0.439 e. The molecule has 1 atom stereocenters. The number of hydrogen-bond acceptors (Lipinski definition) is 4. The van der Waals surface area contributed by atoms with E-state index in [1.54, 1.807) is 0 Å². The molecule has 0 bridgehead atoms. The molecule has 0 aliphatic heterocycles. The molecule has 4 nitrogen and oxygen atoms in total. The molecule has 5 heteroatoms. The fourth-order valence-corrected chi connectivity index (χ4v) is 1.99. The number of thiocarbonyl (C=S) groups is 1. The molecule has 1 unspecified atom stereocenters. The van der Waals surface area contributed by atoms with E-state index in [1.165, 1.54) is 0 Å². The molecule has 0 saturated heterocycles. The zero-order valence-corrected chi connectivity index (χ0v) is 11.5. The van der Waals surface area contributed by atoms with Crippen molar-refractivity contribution in [2.45, 2.75) is 25.7 Å². The lowest BCUT2D eigenvalue weighted by atomic mass is 10.1. The lowest BCUT2D eigenvalue weighted by Gasteiger charge is -2.09. The molecule has 0 aliphatic carbocycles. The molecule has 2 rings (SSSR count). The fourth-order valence-electron chi connectivity index (χ4n) is 1.73. The van der Waals surface area contributed by atoms with Gasteiger partial charge in [0.1, 0.15) is 10.5 Å². The van der Waals surface area contributed by atoms with Crippen LogP contribution in [0, 0.1) is 11.3 Å². The number of unbranched alkanes of at least 4 members (excludes halogenated alkanes) is 1. The van der Waals surface area contributed by atoms with E-state index >= 15 is 0 Å². The SMILES string of the molecule is CCCCNC(=S)C(C#N)c1nc2ccccc2o1. The lowest BCUT2D eigenvalue weighted by Crippen LogP contribution is -2.27. The van der Waals surface area contributed by atoms with Gasteiger partial charge >= 0.3 is 0 Å². The maximum atomic E-state index is 9.25. The minimum absolute atomic E-state index is 0.359. The summed E-state index contributed by atoms with van der Waals surface area (Å²) in [6.45, 7) is 2.88. The monoisotopic (exact) mass is 273 g/mol. The van der Waals surface area contributed by atoms with Gasteiger partial charge in [-0.1, -0.05) is 37.7 Å². The third-order valence-electron chi connectivity index (χ3n) is 2.78. The van der Waals surface area contributed by atoms with Crippen molar-refractivity contribution in [1.82, 2.24) is 10.3 Å². The number of oxazole rings is 1. The first-order chi connectivity index (χ1) is 9.26. The van der Waals surface area contributed by atoms with Gasteiger partial charge in [-0.25, -0.2) is 4.98 Å². The Bertz CT molecular complexity index is 581. The van der Waals surface area contributed by atoms with Gasteiger partial charge in [-0.05, 0) is 18.6 Å².